The van der Waals surface area contributed by atoms with Crippen molar-refractivity contribution in [1.82, 2.24) is 10.2 Å². The van der Waals surface area contributed by atoms with Crippen LogP contribution in [-0.4, -0.2) is 57.6 Å². The molecule has 2 aromatic rings. The third-order valence-electron chi connectivity index (χ3n) is 5.58. The first-order valence-electron chi connectivity index (χ1n) is 11.6. The van der Waals surface area contributed by atoms with Crippen molar-refractivity contribution in [3.63, 3.8) is 0 Å². The number of carbonyl (C=O) groups excluding carboxylic acids is 2. The lowest BCUT2D eigenvalue weighted by molar-refractivity contribution is -0.141. The van der Waals surface area contributed by atoms with Crippen molar-refractivity contribution in [2.75, 3.05) is 30.8 Å². The maximum atomic E-state index is 13.4. The fourth-order valence-electron chi connectivity index (χ4n) is 3.86. The van der Waals surface area contributed by atoms with E-state index in [2.05, 4.69) is 5.32 Å². The van der Waals surface area contributed by atoms with Gasteiger partial charge in [0.25, 0.3) is 0 Å². The van der Waals surface area contributed by atoms with Crippen molar-refractivity contribution in [3.05, 3.63) is 58.1 Å². The van der Waals surface area contributed by atoms with Gasteiger partial charge in [-0.2, -0.15) is 0 Å². The Hall–Kier alpha value is -2.49. The molecule has 11 heteroatoms. The minimum absolute atomic E-state index is 0.0401. The van der Waals surface area contributed by atoms with Crippen molar-refractivity contribution in [3.8, 4) is 5.75 Å². The maximum absolute atomic E-state index is 13.4. The van der Waals surface area contributed by atoms with Gasteiger partial charge >= 0.3 is 0 Å². The number of amides is 2. The van der Waals surface area contributed by atoms with Gasteiger partial charge in [-0.15, -0.1) is 0 Å². The minimum atomic E-state index is -3.63. The molecule has 2 aromatic carbocycles. The van der Waals surface area contributed by atoms with Gasteiger partial charge in [0.2, 0.25) is 21.8 Å². The molecule has 0 aliphatic carbocycles. The lowest BCUT2D eigenvalue weighted by atomic mass is 10.1. The molecular formula is C25H33Cl2N3O5S. The first-order chi connectivity index (χ1) is 17.0. The number of rotatable bonds is 13. The van der Waals surface area contributed by atoms with Crippen molar-refractivity contribution in [1.29, 1.82) is 0 Å². The Labute approximate surface area is 223 Å². The molecule has 0 saturated carbocycles. The molecule has 8 nitrogen and oxygen atoms in total. The monoisotopic (exact) mass is 557 g/mol. The second-order valence-corrected chi connectivity index (χ2v) is 10.9. The van der Waals surface area contributed by atoms with Crippen molar-refractivity contribution < 1.29 is 22.7 Å². The summed E-state index contributed by atoms with van der Waals surface area (Å²) in [5, 5.41) is 3.53. The summed E-state index contributed by atoms with van der Waals surface area (Å²) in [6.45, 7) is 4.32. The van der Waals surface area contributed by atoms with Crippen LogP contribution in [0, 0.1) is 0 Å². The largest absolute Gasteiger partial charge is 0.495 e. The van der Waals surface area contributed by atoms with Crippen LogP contribution in [0.2, 0.25) is 10.0 Å². The second kappa shape index (κ2) is 13.7. The minimum Gasteiger partial charge on any atom is -0.495 e. The van der Waals surface area contributed by atoms with Crippen molar-refractivity contribution in [2.24, 2.45) is 0 Å². The highest BCUT2D eigenvalue weighted by molar-refractivity contribution is 7.92. The summed E-state index contributed by atoms with van der Waals surface area (Å²) in [5.74, 6) is -0.106. The summed E-state index contributed by atoms with van der Waals surface area (Å²) in [7, 11) is -2.16. The fraction of sp³-hybridized carbons (Fsp3) is 0.440. The average molecular weight is 559 g/mol. The number of nitrogens with one attached hydrogen (secondary N) is 1. The average Bonchev–Trinajstić information content (AvgIpc) is 2.83. The quantitative estimate of drug-likeness (QED) is 0.391. The molecule has 0 radical (unpaired) electrons. The van der Waals surface area contributed by atoms with Gasteiger partial charge in [-0.1, -0.05) is 48.3 Å². The molecule has 0 unspecified atom stereocenters. The second-order valence-electron chi connectivity index (χ2n) is 8.20. The Balaban J connectivity index is 2.25. The summed E-state index contributed by atoms with van der Waals surface area (Å²) >= 11 is 12.2. The molecule has 0 heterocycles. The van der Waals surface area contributed by atoms with Gasteiger partial charge in [-0.3, -0.25) is 13.9 Å². The molecule has 198 valence electrons. The van der Waals surface area contributed by atoms with E-state index in [4.69, 9.17) is 27.9 Å². The summed E-state index contributed by atoms with van der Waals surface area (Å²) in [4.78, 5) is 27.7. The number of halogens is 2. The van der Waals surface area contributed by atoms with Crippen LogP contribution in [0.4, 0.5) is 5.69 Å². The molecule has 1 N–H and O–H groups in total. The van der Waals surface area contributed by atoms with E-state index in [-0.39, 0.29) is 37.7 Å². The summed E-state index contributed by atoms with van der Waals surface area (Å²) in [5.41, 5.74) is 1.13. The van der Waals surface area contributed by atoms with E-state index < -0.39 is 16.1 Å². The molecular weight excluding hydrogens is 525 g/mol. The van der Waals surface area contributed by atoms with E-state index in [1.54, 1.807) is 42.5 Å². The number of carbonyl (C=O) groups is 2. The molecule has 0 aliphatic rings. The van der Waals surface area contributed by atoms with Crippen molar-refractivity contribution >= 4 is 50.7 Å². The van der Waals surface area contributed by atoms with Crippen molar-refractivity contribution in [2.45, 2.75) is 45.7 Å². The fourth-order valence-corrected chi connectivity index (χ4v) is 5.15. The topological polar surface area (TPSA) is 96.0 Å². The van der Waals surface area contributed by atoms with E-state index in [0.717, 1.165) is 11.8 Å². The van der Waals surface area contributed by atoms with E-state index >= 15 is 0 Å². The smallest absolute Gasteiger partial charge is 0.242 e. The van der Waals surface area contributed by atoms with E-state index in [9.17, 15) is 18.0 Å². The zero-order valence-electron chi connectivity index (χ0n) is 21.0. The molecule has 1 atom stereocenters. The van der Waals surface area contributed by atoms with Gasteiger partial charge in [0.1, 0.15) is 11.8 Å². The lowest BCUT2D eigenvalue weighted by Gasteiger charge is -2.31. The molecule has 0 spiro atoms. The number of methoxy groups -OCH3 is 1. The van der Waals surface area contributed by atoms with Gasteiger partial charge in [0.05, 0.1) is 29.1 Å². The van der Waals surface area contributed by atoms with Gasteiger partial charge in [0, 0.05) is 26.1 Å². The summed E-state index contributed by atoms with van der Waals surface area (Å²) < 4.78 is 31.6. The van der Waals surface area contributed by atoms with E-state index in [0.29, 0.717) is 34.4 Å². The Bertz CT molecular complexity index is 1160. The maximum Gasteiger partial charge on any atom is 0.242 e. The molecule has 0 aromatic heterocycles. The van der Waals surface area contributed by atoms with E-state index in [1.165, 1.54) is 16.3 Å². The van der Waals surface area contributed by atoms with Crippen LogP contribution in [-0.2, 0) is 26.2 Å². The third-order valence-corrected chi connectivity index (χ3v) is 7.50. The van der Waals surface area contributed by atoms with Crippen LogP contribution in [0.15, 0.2) is 42.5 Å². The number of benzene rings is 2. The van der Waals surface area contributed by atoms with Crippen LogP contribution in [0.5, 0.6) is 5.75 Å². The molecule has 0 aliphatic heterocycles. The molecule has 36 heavy (non-hydrogen) atoms. The number of hydrogen-bond acceptors (Lipinski definition) is 5. The summed E-state index contributed by atoms with van der Waals surface area (Å²) in [6.07, 6.45) is 1.81. The first kappa shape index (κ1) is 29.7. The van der Waals surface area contributed by atoms with E-state index in [1.807, 2.05) is 13.8 Å². The number of anilines is 1. The van der Waals surface area contributed by atoms with Gasteiger partial charge in [-0.05, 0) is 49.6 Å². The molecule has 2 amide bonds. The van der Waals surface area contributed by atoms with Gasteiger partial charge in [-0.25, -0.2) is 8.42 Å². The molecule has 0 saturated heterocycles. The van der Waals surface area contributed by atoms with Crippen LogP contribution >= 0.6 is 23.2 Å². The zero-order chi connectivity index (χ0) is 26.9. The first-order valence-corrected chi connectivity index (χ1v) is 14.3. The number of nitrogens with zero attached hydrogens (tertiary/aromatic N) is 2. The zero-order valence-corrected chi connectivity index (χ0v) is 23.3. The van der Waals surface area contributed by atoms with Gasteiger partial charge in [0.15, 0.2) is 0 Å². The Morgan fingerprint density at radius 1 is 1.08 bits per heavy atom. The van der Waals surface area contributed by atoms with Crippen LogP contribution < -0.4 is 14.4 Å². The molecule has 2 rings (SSSR count). The Morgan fingerprint density at radius 3 is 2.36 bits per heavy atom. The highest BCUT2D eigenvalue weighted by Gasteiger charge is 2.29. The standard InChI is InChI=1S/C25H33Cl2N3O5S/c1-5-21(25(32)28-6-2)29(17-18-13-14-19(26)20(27)16-18)24(31)12-9-15-30(36(4,33)34)22-10-7-8-11-23(22)35-3/h7-8,10-11,13-14,16,21H,5-6,9,12,15,17H2,1-4H3,(H,28,32)/t21-/m0/s1. The molecule has 0 bridgehead atoms. The SMILES string of the molecule is CCNC(=O)[C@H](CC)N(Cc1ccc(Cl)c(Cl)c1)C(=O)CCCN(c1ccccc1OC)S(C)(=O)=O. The van der Waals surface area contributed by atoms with Crippen LogP contribution in [0.1, 0.15) is 38.7 Å². The number of ether oxygens (including phenoxy) is 1. The molecule has 0 fully saturated rings. The normalized spacial score (nSPS) is 12.1. The number of para-hydroxylation sites is 2. The lowest BCUT2D eigenvalue weighted by Crippen LogP contribution is -2.49. The summed E-state index contributed by atoms with van der Waals surface area (Å²) in [6, 6.07) is 11.2. The third kappa shape index (κ3) is 8.01. The highest BCUT2D eigenvalue weighted by atomic mass is 35.5. The Morgan fingerprint density at radius 2 is 1.78 bits per heavy atom. The number of sulfonamides is 1. The van der Waals surface area contributed by atoms with Gasteiger partial charge < -0.3 is 15.0 Å². The number of hydrogen-bond donors (Lipinski definition) is 1. The Kier molecular flexibility index (Phi) is 11.3. The predicted molar refractivity (Wildman–Crippen MR) is 144 cm³/mol. The number of likely N-dealkylation sites (N-methyl/N-ethyl adjacent to an activating group) is 1. The van der Waals surface area contributed by atoms with Crippen LogP contribution in [0.3, 0.4) is 0 Å². The highest BCUT2D eigenvalue weighted by Crippen LogP contribution is 2.30. The predicted octanol–water partition coefficient (Wildman–Crippen LogP) is 4.49. The van der Waals surface area contributed by atoms with Crippen LogP contribution in [0.25, 0.3) is 0 Å².